The monoisotopic (exact) mass is 447 g/mol. The van der Waals surface area contributed by atoms with Gasteiger partial charge in [0.15, 0.2) is 23.7 Å². The van der Waals surface area contributed by atoms with Gasteiger partial charge in [0.25, 0.3) is 11.8 Å². The summed E-state index contributed by atoms with van der Waals surface area (Å²) in [6.45, 7) is 0.867. The molecule has 2 amide bonds. The van der Waals surface area contributed by atoms with E-state index in [1.165, 1.54) is 7.11 Å². The normalized spacial score (nSPS) is 15.8. The lowest BCUT2D eigenvalue weighted by Crippen LogP contribution is -2.50. The van der Waals surface area contributed by atoms with Gasteiger partial charge in [-0.1, -0.05) is 12.1 Å². The molecule has 0 atom stereocenters. The van der Waals surface area contributed by atoms with Crippen molar-refractivity contribution in [2.24, 2.45) is 5.73 Å². The third-order valence-electron chi connectivity index (χ3n) is 6.28. The zero-order valence-corrected chi connectivity index (χ0v) is 18.3. The molecule has 8 heteroatoms. The molecule has 0 unspecified atom stereocenters. The van der Waals surface area contributed by atoms with Crippen molar-refractivity contribution in [3.8, 4) is 22.9 Å². The standard InChI is InChI=1S/C25H25N3O5/c1-31-21-15-17(8-9-20(21)32-16-23(26)29)24(30)27-13-10-25(11-14-27)22-7-4-12-28(22)18-5-2-3-6-19(18)33-25/h2-9,12,15H,10-11,13-14,16H2,1H3,(H2,26,29). The molecule has 1 spiro atoms. The van der Waals surface area contributed by atoms with Crippen LogP contribution < -0.4 is 19.9 Å². The van der Waals surface area contributed by atoms with Gasteiger partial charge in [-0.3, -0.25) is 9.59 Å². The van der Waals surface area contributed by atoms with Crippen molar-refractivity contribution >= 4 is 11.8 Å². The number of carbonyl (C=O) groups excluding carboxylic acids is 2. The van der Waals surface area contributed by atoms with E-state index in [4.69, 9.17) is 19.9 Å². The second kappa shape index (κ2) is 8.20. The Morgan fingerprint density at radius 1 is 1.06 bits per heavy atom. The third kappa shape index (κ3) is 3.67. The van der Waals surface area contributed by atoms with E-state index in [-0.39, 0.29) is 12.5 Å². The Kier molecular flexibility index (Phi) is 5.20. The Morgan fingerprint density at radius 2 is 1.85 bits per heavy atom. The van der Waals surface area contributed by atoms with Crippen molar-refractivity contribution in [3.05, 3.63) is 72.1 Å². The Labute approximate surface area is 191 Å². The van der Waals surface area contributed by atoms with E-state index in [9.17, 15) is 9.59 Å². The highest BCUT2D eigenvalue weighted by molar-refractivity contribution is 5.95. The first-order valence-corrected chi connectivity index (χ1v) is 10.9. The van der Waals surface area contributed by atoms with Gasteiger partial charge < -0.3 is 29.4 Å². The predicted octanol–water partition coefficient (Wildman–Crippen LogP) is 2.87. The number of nitrogens with zero attached hydrogens (tertiary/aromatic N) is 2. The van der Waals surface area contributed by atoms with Crippen LogP contribution in [0, 0.1) is 0 Å². The summed E-state index contributed by atoms with van der Waals surface area (Å²) in [4.78, 5) is 26.0. The van der Waals surface area contributed by atoms with E-state index < -0.39 is 11.5 Å². The Balaban J connectivity index is 1.33. The molecule has 5 rings (SSSR count). The molecule has 2 aliphatic rings. The number of primary amides is 1. The summed E-state index contributed by atoms with van der Waals surface area (Å²) >= 11 is 0. The topological polar surface area (TPSA) is 96.0 Å². The highest BCUT2D eigenvalue weighted by atomic mass is 16.5. The van der Waals surface area contributed by atoms with Crippen LogP contribution in [0.15, 0.2) is 60.8 Å². The van der Waals surface area contributed by atoms with E-state index >= 15 is 0 Å². The largest absolute Gasteiger partial charge is 0.493 e. The van der Waals surface area contributed by atoms with Gasteiger partial charge in [0.05, 0.1) is 18.5 Å². The van der Waals surface area contributed by atoms with Crippen molar-refractivity contribution in [1.82, 2.24) is 9.47 Å². The second-order valence-electron chi connectivity index (χ2n) is 8.24. The summed E-state index contributed by atoms with van der Waals surface area (Å²) < 4.78 is 19.4. The van der Waals surface area contributed by atoms with Crippen molar-refractivity contribution in [3.63, 3.8) is 0 Å². The van der Waals surface area contributed by atoms with E-state index in [1.807, 2.05) is 29.2 Å². The van der Waals surface area contributed by atoms with Crippen molar-refractivity contribution < 1.29 is 23.8 Å². The van der Waals surface area contributed by atoms with Crippen LogP contribution in [0.1, 0.15) is 28.9 Å². The summed E-state index contributed by atoms with van der Waals surface area (Å²) in [5, 5.41) is 0. The second-order valence-corrected chi connectivity index (χ2v) is 8.24. The number of piperidine rings is 1. The van der Waals surface area contributed by atoms with E-state index in [0.717, 1.165) is 17.1 Å². The van der Waals surface area contributed by atoms with Gasteiger partial charge in [0.2, 0.25) is 0 Å². The van der Waals surface area contributed by atoms with Gasteiger partial charge in [-0.25, -0.2) is 0 Å². The average molecular weight is 447 g/mol. The number of carbonyl (C=O) groups is 2. The summed E-state index contributed by atoms with van der Waals surface area (Å²) in [6.07, 6.45) is 3.44. The van der Waals surface area contributed by atoms with Crippen LogP contribution in [0.25, 0.3) is 5.69 Å². The maximum absolute atomic E-state index is 13.2. The third-order valence-corrected chi connectivity index (χ3v) is 6.28. The first-order valence-electron chi connectivity index (χ1n) is 10.9. The SMILES string of the molecule is COc1cc(C(=O)N2CCC3(CC2)Oc2ccccc2-n2cccc23)ccc1OCC(N)=O. The van der Waals surface area contributed by atoms with E-state index in [1.54, 1.807) is 18.2 Å². The van der Waals surface area contributed by atoms with Crippen LogP contribution in [-0.4, -0.2) is 48.1 Å². The van der Waals surface area contributed by atoms with Crippen molar-refractivity contribution in [1.29, 1.82) is 0 Å². The molecular formula is C25H25N3O5. The fourth-order valence-corrected chi connectivity index (χ4v) is 4.65. The van der Waals surface area contributed by atoms with Crippen LogP contribution >= 0.6 is 0 Å². The highest BCUT2D eigenvalue weighted by Crippen LogP contribution is 2.45. The molecule has 0 saturated carbocycles. The zero-order chi connectivity index (χ0) is 23.0. The van der Waals surface area contributed by atoms with Crippen molar-refractivity contribution in [2.75, 3.05) is 26.8 Å². The number of amides is 2. The first-order chi connectivity index (χ1) is 16.0. The molecule has 170 valence electrons. The van der Waals surface area contributed by atoms with Crippen LogP contribution in [0.5, 0.6) is 17.2 Å². The lowest BCUT2D eigenvalue weighted by atomic mass is 9.86. The molecule has 2 aliphatic heterocycles. The molecule has 2 aromatic carbocycles. The number of likely N-dealkylation sites (tertiary alicyclic amines) is 1. The Hall–Kier alpha value is -3.94. The minimum absolute atomic E-state index is 0.0869. The molecule has 1 saturated heterocycles. The van der Waals surface area contributed by atoms with Crippen LogP contribution in [0.4, 0.5) is 0 Å². The van der Waals surface area contributed by atoms with Crippen LogP contribution in [0.3, 0.4) is 0 Å². The average Bonchev–Trinajstić information content (AvgIpc) is 3.34. The summed E-state index contributed by atoms with van der Waals surface area (Å²) in [5.41, 5.74) is 7.32. The fourth-order valence-electron chi connectivity index (χ4n) is 4.65. The maximum Gasteiger partial charge on any atom is 0.255 e. The first kappa shape index (κ1) is 20.9. The molecule has 1 fully saturated rings. The number of ether oxygens (including phenoxy) is 3. The molecule has 0 radical (unpaired) electrons. The number of hydrogen-bond acceptors (Lipinski definition) is 5. The fraction of sp³-hybridized carbons (Fsp3) is 0.280. The zero-order valence-electron chi connectivity index (χ0n) is 18.3. The lowest BCUT2D eigenvalue weighted by molar-refractivity contribution is -0.119. The molecule has 1 aromatic heterocycles. The van der Waals surface area contributed by atoms with E-state index in [0.29, 0.717) is 43.0 Å². The molecule has 2 N–H and O–H groups in total. The van der Waals surface area contributed by atoms with Gasteiger partial charge in [0, 0.05) is 37.7 Å². The van der Waals surface area contributed by atoms with Gasteiger partial charge in [-0.05, 0) is 42.5 Å². The van der Waals surface area contributed by atoms with Gasteiger partial charge in [-0.15, -0.1) is 0 Å². The van der Waals surface area contributed by atoms with E-state index in [2.05, 4.69) is 22.9 Å². The number of methoxy groups -OCH3 is 1. The summed E-state index contributed by atoms with van der Waals surface area (Å²) in [7, 11) is 1.48. The van der Waals surface area contributed by atoms with Crippen LogP contribution in [-0.2, 0) is 10.4 Å². The molecule has 33 heavy (non-hydrogen) atoms. The van der Waals surface area contributed by atoms with Gasteiger partial charge in [0.1, 0.15) is 5.75 Å². The quantitative estimate of drug-likeness (QED) is 0.649. The number of aromatic nitrogens is 1. The molecule has 8 nitrogen and oxygen atoms in total. The number of rotatable bonds is 5. The lowest BCUT2D eigenvalue weighted by Gasteiger charge is -2.45. The maximum atomic E-state index is 13.2. The van der Waals surface area contributed by atoms with Crippen LogP contribution in [0.2, 0.25) is 0 Å². The van der Waals surface area contributed by atoms with Gasteiger partial charge in [-0.2, -0.15) is 0 Å². The number of fused-ring (bicyclic) bond motifs is 4. The molecule has 0 aliphatic carbocycles. The van der Waals surface area contributed by atoms with Gasteiger partial charge >= 0.3 is 0 Å². The molecule has 3 heterocycles. The van der Waals surface area contributed by atoms with Crippen molar-refractivity contribution in [2.45, 2.75) is 18.4 Å². The smallest absolute Gasteiger partial charge is 0.255 e. The summed E-state index contributed by atoms with van der Waals surface area (Å²) in [6, 6.07) is 17.1. The molecular weight excluding hydrogens is 422 g/mol. The number of para-hydroxylation sites is 2. The number of benzene rings is 2. The predicted molar refractivity (Wildman–Crippen MR) is 121 cm³/mol. The summed E-state index contributed by atoms with van der Waals surface area (Å²) in [5.74, 6) is 0.924. The number of nitrogens with two attached hydrogens (primary N) is 1. The minimum Gasteiger partial charge on any atom is -0.493 e. The Morgan fingerprint density at radius 3 is 2.61 bits per heavy atom. The Bertz CT molecular complexity index is 1210. The minimum atomic E-state index is -0.585. The number of hydrogen-bond donors (Lipinski definition) is 1. The molecule has 0 bridgehead atoms. The highest BCUT2D eigenvalue weighted by Gasteiger charge is 2.44. The molecule has 3 aromatic rings.